The molecule has 1 atom stereocenters. The molecule has 0 fully saturated rings. The summed E-state index contributed by atoms with van der Waals surface area (Å²) in [7, 11) is 0. The number of carbonyl (C=O) groups is 1. The number of carbonyl (C=O) groups excluding carboxylic acids is 1. The molecule has 0 saturated carbocycles. The van der Waals surface area contributed by atoms with E-state index in [1.807, 2.05) is 31.2 Å². The van der Waals surface area contributed by atoms with Crippen molar-refractivity contribution in [3.63, 3.8) is 0 Å². The van der Waals surface area contributed by atoms with Crippen LogP contribution >= 0.6 is 11.6 Å². The molecule has 0 aliphatic carbocycles. The summed E-state index contributed by atoms with van der Waals surface area (Å²) >= 11 is 5.79. The van der Waals surface area contributed by atoms with Crippen molar-refractivity contribution in [1.82, 2.24) is 10.3 Å². The lowest BCUT2D eigenvalue weighted by atomic mass is 10.1. The van der Waals surface area contributed by atoms with Crippen LogP contribution in [0.15, 0.2) is 42.6 Å². The minimum atomic E-state index is -0.751. The van der Waals surface area contributed by atoms with Gasteiger partial charge in [0.2, 0.25) is 0 Å². The molecular weight excluding hydrogens is 276 g/mol. The van der Waals surface area contributed by atoms with Crippen LogP contribution in [0, 0.1) is 6.92 Å². The Kier molecular flexibility index (Phi) is 4.71. The van der Waals surface area contributed by atoms with Gasteiger partial charge >= 0.3 is 0 Å². The smallest absolute Gasteiger partial charge is 0.270 e. The molecule has 0 aliphatic rings. The van der Waals surface area contributed by atoms with Crippen molar-refractivity contribution in [2.75, 3.05) is 6.54 Å². The van der Waals surface area contributed by atoms with Crippen LogP contribution in [0.25, 0.3) is 0 Å². The van der Waals surface area contributed by atoms with Crippen molar-refractivity contribution in [2.24, 2.45) is 0 Å². The van der Waals surface area contributed by atoms with Gasteiger partial charge in [-0.15, -0.1) is 0 Å². The normalized spacial score (nSPS) is 11.9. The summed E-state index contributed by atoms with van der Waals surface area (Å²) in [6.45, 7) is 2.10. The van der Waals surface area contributed by atoms with E-state index < -0.39 is 6.10 Å². The van der Waals surface area contributed by atoms with E-state index in [9.17, 15) is 9.90 Å². The fourth-order valence-electron chi connectivity index (χ4n) is 1.72. The Hall–Kier alpha value is -1.91. The molecule has 0 spiro atoms. The number of pyridine rings is 1. The van der Waals surface area contributed by atoms with Gasteiger partial charge in [0.25, 0.3) is 5.91 Å². The van der Waals surface area contributed by atoms with Crippen LogP contribution < -0.4 is 5.32 Å². The number of nitrogens with zero attached hydrogens (tertiary/aromatic N) is 1. The molecule has 104 valence electrons. The maximum Gasteiger partial charge on any atom is 0.270 e. The number of amides is 1. The molecule has 0 radical (unpaired) electrons. The Balaban J connectivity index is 1.94. The summed E-state index contributed by atoms with van der Waals surface area (Å²) in [6, 6.07) is 10.6. The summed E-state index contributed by atoms with van der Waals surface area (Å²) in [6.07, 6.45) is 0.715. The van der Waals surface area contributed by atoms with E-state index in [4.69, 9.17) is 11.6 Å². The Morgan fingerprint density at radius 3 is 2.70 bits per heavy atom. The van der Waals surface area contributed by atoms with Crippen LogP contribution in [-0.2, 0) is 0 Å². The minimum absolute atomic E-state index is 0.121. The molecule has 5 heteroatoms. The lowest BCUT2D eigenvalue weighted by Gasteiger charge is -2.12. The molecule has 20 heavy (non-hydrogen) atoms. The van der Waals surface area contributed by atoms with E-state index in [2.05, 4.69) is 10.3 Å². The first-order chi connectivity index (χ1) is 9.56. The van der Waals surface area contributed by atoms with E-state index in [1.54, 1.807) is 6.07 Å². The van der Waals surface area contributed by atoms with Gasteiger partial charge in [-0.05, 0) is 24.6 Å². The molecule has 2 aromatic rings. The van der Waals surface area contributed by atoms with Gasteiger partial charge < -0.3 is 10.4 Å². The molecule has 0 saturated heterocycles. The van der Waals surface area contributed by atoms with Crippen molar-refractivity contribution in [2.45, 2.75) is 13.0 Å². The third kappa shape index (κ3) is 3.79. The van der Waals surface area contributed by atoms with E-state index in [-0.39, 0.29) is 18.1 Å². The third-order valence-electron chi connectivity index (χ3n) is 2.87. The lowest BCUT2D eigenvalue weighted by Crippen LogP contribution is -2.29. The molecule has 0 unspecified atom stereocenters. The highest BCUT2D eigenvalue weighted by atomic mass is 35.5. The van der Waals surface area contributed by atoms with Crippen LogP contribution in [0.4, 0.5) is 0 Å². The Bertz CT molecular complexity index is 599. The first kappa shape index (κ1) is 14.5. The average molecular weight is 291 g/mol. The van der Waals surface area contributed by atoms with Crippen molar-refractivity contribution in [1.29, 1.82) is 0 Å². The first-order valence-corrected chi connectivity index (χ1v) is 6.58. The summed E-state index contributed by atoms with van der Waals surface area (Å²) in [5, 5.41) is 13.1. The number of aryl methyl sites for hydroxylation is 1. The molecule has 1 heterocycles. The highest BCUT2D eigenvalue weighted by Crippen LogP contribution is 2.13. The second-order valence-electron chi connectivity index (χ2n) is 4.50. The molecule has 0 bridgehead atoms. The first-order valence-electron chi connectivity index (χ1n) is 6.20. The average Bonchev–Trinajstić information content (AvgIpc) is 2.45. The molecule has 4 nitrogen and oxygen atoms in total. The quantitative estimate of drug-likeness (QED) is 0.909. The van der Waals surface area contributed by atoms with Crippen molar-refractivity contribution >= 4 is 17.5 Å². The van der Waals surface area contributed by atoms with Crippen LogP contribution in [0.3, 0.4) is 0 Å². The highest BCUT2D eigenvalue weighted by Gasteiger charge is 2.11. The molecule has 1 amide bonds. The Morgan fingerprint density at radius 1 is 1.35 bits per heavy atom. The van der Waals surface area contributed by atoms with Crippen molar-refractivity contribution in [3.8, 4) is 0 Å². The Morgan fingerprint density at radius 2 is 2.05 bits per heavy atom. The molecular formula is C15H15ClN2O2. The SMILES string of the molecule is Cc1ccc([C@H](O)CNC(=O)c2cc(Cl)ccn2)cc1. The van der Waals surface area contributed by atoms with Gasteiger partial charge in [0.1, 0.15) is 5.69 Å². The Labute approximate surface area is 122 Å². The minimum Gasteiger partial charge on any atom is -0.387 e. The summed E-state index contributed by atoms with van der Waals surface area (Å²) in [4.78, 5) is 15.8. The van der Waals surface area contributed by atoms with Crippen molar-refractivity contribution in [3.05, 3.63) is 64.4 Å². The monoisotopic (exact) mass is 290 g/mol. The number of hydrogen-bond acceptors (Lipinski definition) is 3. The zero-order valence-corrected chi connectivity index (χ0v) is 11.8. The summed E-state index contributed by atoms with van der Waals surface area (Å²) in [5.74, 6) is -0.362. The molecule has 0 aliphatic heterocycles. The maximum atomic E-state index is 11.8. The zero-order chi connectivity index (χ0) is 14.5. The number of aliphatic hydroxyl groups is 1. The lowest BCUT2D eigenvalue weighted by molar-refractivity contribution is 0.0911. The zero-order valence-electron chi connectivity index (χ0n) is 11.0. The third-order valence-corrected chi connectivity index (χ3v) is 3.11. The van der Waals surface area contributed by atoms with E-state index in [1.165, 1.54) is 12.3 Å². The van der Waals surface area contributed by atoms with Gasteiger partial charge in [-0.1, -0.05) is 41.4 Å². The van der Waals surface area contributed by atoms with Gasteiger partial charge in [0, 0.05) is 17.8 Å². The number of hydrogen-bond donors (Lipinski definition) is 2. The van der Waals surface area contributed by atoms with E-state index in [0.717, 1.165) is 11.1 Å². The fourth-order valence-corrected chi connectivity index (χ4v) is 1.88. The largest absolute Gasteiger partial charge is 0.387 e. The number of nitrogens with one attached hydrogen (secondary N) is 1. The van der Waals surface area contributed by atoms with Gasteiger partial charge in [0.05, 0.1) is 6.10 Å². The van der Waals surface area contributed by atoms with E-state index in [0.29, 0.717) is 5.02 Å². The number of benzene rings is 1. The number of halogens is 1. The topological polar surface area (TPSA) is 62.2 Å². The van der Waals surface area contributed by atoms with Gasteiger partial charge in [0.15, 0.2) is 0 Å². The molecule has 1 aromatic heterocycles. The summed E-state index contributed by atoms with van der Waals surface area (Å²) < 4.78 is 0. The second kappa shape index (κ2) is 6.50. The predicted molar refractivity (Wildman–Crippen MR) is 77.7 cm³/mol. The number of aliphatic hydroxyl groups excluding tert-OH is 1. The van der Waals surface area contributed by atoms with Crippen molar-refractivity contribution < 1.29 is 9.90 Å². The molecule has 2 N–H and O–H groups in total. The van der Waals surface area contributed by atoms with Crippen LogP contribution in [0.1, 0.15) is 27.7 Å². The number of aromatic nitrogens is 1. The van der Waals surface area contributed by atoms with Crippen LogP contribution in [-0.4, -0.2) is 22.5 Å². The van der Waals surface area contributed by atoms with Gasteiger partial charge in [-0.25, -0.2) is 0 Å². The van der Waals surface area contributed by atoms with Gasteiger partial charge in [-0.3, -0.25) is 9.78 Å². The fraction of sp³-hybridized carbons (Fsp3) is 0.200. The predicted octanol–water partition coefficient (Wildman–Crippen LogP) is 2.51. The second-order valence-corrected chi connectivity index (χ2v) is 4.93. The standard InChI is InChI=1S/C15H15ClN2O2/c1-10-2-4-11(5-3-10)14(19)9-18-15(20)13-8-12(16)6-7-17-13/h2-8,14,19H,9H2,1H3,(H,18,20)/t14-/m1/s1. The summed E-state index contributed by atoms with van der Waals surface area (Å²) in [5.41, 5.74) is 2.11. The van der Waals surface area contributed by atoms with Crippen LogP contribution in [0.2, 0.25) is 5.02 Å². The van der Waals surface area contributed by atoms with Gasteiger partial charge in [-0.2, -0.15) is 0 Å². The molecule has 2 rings (SSSR count). The van der Waals surface area contributed by atoms with E-state index >= 15 is 0 Å². The molecule has 1 aromatic carbocycles. The number of rotatable bonds is 4. The maximum absolute atomic E-state index is 11.8. The van der Waals surface area contributed by atoms with Crippen LogP contribution in [0.5, 0.6) is 0 Å². The highest BCUT2D eigenvalue weighted by molar-refractivity contribution is 6.30.